The molecule has 0 radical (unpaired) electrons. The molecule has 8 saturated carbocycles. The lowest BCUT2D eigenvalue weighted by Crippen LogP contribution is -2.49. The number of benzene rings is 1. The summed E-state index contributed by atoms with van der Waals surface area (Å²) in [7, 11) is 0. The van der Waals surface area contributed by atoms with Crippen LogP contribution in [0.4, 0.5) is 0 Å². The summed E-state index contributed by atoms with van der Waals surface area (Å²) in [5.74, 6) is 7.17. The molecule has 172 valence electrons. The lowest BCUT2D eigenvalue weighted by Gasteiger charge is -2.58. The maximum absolute atomic E-state index is 6.68. The van der Waals surface area contributed by atoms with Crippen LogP contribution in [0.15, 0.2) is 12.1 Å². The maximum atomic E-state index is 6.68. The lowest BCUT2D eigenvalue weighted by molar-refractivity contribution is -0.00822. The van der Waals surface area contributed by atoms with E-state index in [9.17, 15) is 0 Å². The van der Waals surface area contributed by atoms with Crippen LogP contribution in [0.2, 0.25) is 0 Å². The Morgan fingerprint density at radius 3 is 1.59 bits per heavy atom. The lowest BCUT2D eigenvalue weighted by atomic mass is 9.46. The van der Waals surface area contributed by atoms with Crippen LogP contribution in [0.5, 0.6) is 5.75 Å². The number of rotatable bonds is 5. The van der Waals surface area contributed by atoms with Gasteiger partial charge in [-0.15, -0.1) is 0 Å². The zero-order valence-corrected chi connectivity index (χ0v) is 19.9. The zero-order chi connectivity index (χ0) is 21.1. The van der Waals surface area contributed by atoms with Gasteiger partial charge in [0.2, 0.25) is 0 Å². The van der Waals surface area contributed by atoms with E-state index in [4.69, 9.17) is 9.47 Å². The molecule has 1 atom stereocenters. The number of aryl methyl sites for hydroxylation is 1. The minimum Gasteiger partial charge on any atom is -0.490 e. The third kappa shape index (κ3) is 2.87. The SMILES string of the molecule is Cc1cc(C23CC4CC(CC(C4)C2)C3)c(OCC2CO2)cc1C12CC3CC(CC(C3)C1)C2. The topological polar surface area (TPSA) is 21.8 Å². The molecule has 0 N–H and O–H groups in total. The summed E-state index contributed by atoms with van der Waals surface area (Å²) in [6, 6.07) is 5.25. The van der Waals surface area contributed by atoms with Gasteiger partial charge in [-0.2, -0.15) is 0 Å². The van der Waals surface area contributed by atoms with Crippen molar-refractivity contribution in [3.63, 3.8) is 0 Å². The van der Waals surface area contributed by atoms with Crippen molar-refractivity contribution in [3.8, 4) is 5.75 Å². The summed E-state index contributed by atoms with van der Waals surface area (Å²) >= 11 is 0. The first-order valence-corrected chi connectivity index (χ1v) is 14.0. The molecule has 2 heteroatoms. The molecule has 0 aromatic heterocycles. The van der Waals surface area contributed by atoms with E-state index in [1.807, 2.05) is 0 Å². The Kier molecular flexibility index (Phi) is 3.95. The molecular formula is C30H40O2. The third-order valence-electron chi connectivity index (χ3n) is 11.4. The van der Waals surface area contributed by atoms with Crippen LogP contribution in [0.1, 0.15) is 93.7 Å². The summed E-state index contributed by atoms with van der Waals surface area (Å²) in [4.78, 5) is 0. The Morgan fingerprint density at radius 1 is 0.719 bits per heavy atom. The smallest absolute Gasteiger partial charge is 0.123 e. The highest BCUT2D eigenvalue weighted by Crippen LogP contribution is 2.64. The predicted octanol–water partition coefficient (Wildman–Crippen LogP) is 6.71. The van der Waals surface area contributed by atoms with Crippen molar-refractivity contribution in [2.75, 3.05) is 13.2 Å². The summed E-state index contributed by atoms with van der Waals surface area (Å²) in [6.45, 7) is 4.09. The standard InChI is InChI=1S/C30H40O2/c1-18-2-27(30-13-22-6-23(14-30)8-24(7-22)15-30)28(32-17-25-16-31-25)9-26(18)29-10-19-3-20(11-29)5-21(4-19)12-29/h2,9,19-25H,3-8,10-17H2,1H3. The summed E-state index contributed by atoms with van der Waals surface area (Å²) in [6.07, 6.45) is 18.0. The molecule has 8 aliphatic carbocycles. The highest BCUT2D eigenvalue weighted by atomic mass is 16.6. The van der Waals surface area contributed by atoms with Crippen LogP contribution < -0.4 is 4.74 Å². The van der Waals surface area contributed by atoms with Gasteiger partial charge in [-0.05, 0) is 148 Å². The fourth-order valence-electron chi connectivity index (χ4n) is 11.0. The number of hydrogen-bond acceptors (Lipinski definition) is 2. The molecule has 0 amide bonds. The molecule has 32 heavy (non-hydrogen) atoms. The van der Waals surface area contributed by atoms with Crippen LogP contribution >= 0.6 is 0 Å². The largest absolute Gasteiger partial charge is 0.490 e. The summed E-state index contributed by atoms with van der Waals surface area (Å²) < 4.78 is 12.2. The van der Waals surface area contributed by atoms with Gasteiger partial charge >= 0.3 is 0 Å². The minimum absolute atomic E-state index is 0.337. The van der Waals surface area contributed by atoms with Crippen molar-refractivity contribution in [2.45, 2.75) is 101 Å². The van der Waals surface area contributed by atoms with Crippen molar-refractivity contribution in [2.24, 2.45) is 35.5 Å². The van der Waals surface area contributed by atoms with E-state index < -0.39 is 0 Å². The molecule has 1 unspecified atom stereocenters. The Morgan fingerprint density at radius 2 is 1.16 bits per heavy atom. The molecule has 9 fully saturated rings. The maximum Gasteiger partial charge on any atom is 0.123 e. The molecule has 1 heterocycles. The van der Waals surface area contributed by atoms with E-state index in [2.05, 4.69) is 19.1 Å². The highest BCUT2D eigenvalue weighted by molar-refractivity contribution is 5.51. The van der Waals surface area contributed by atoms with E-state index in [1.165, 1.54) is 82.8 Å². The predicted molar refractivity (Wildman–Crippen MR) is 126 cm³/mol. The van der Waals surface area contributed by atoms with Crippen molar-refractivity contribution >= 4 is 0 Å². The van der Waals surface area contributed by atoms with E-state index in [0.717, 1.165) is 48.7 Å². The molecule has 0 spiro atoms. The molecule has 1 aromatic rings. The van der Waals surface area contributed by atoms with Gasteiger partial charge in [-0.1, -0.05) is 6.07 Å². The second kappa shape index (κ2) is 6.55. The average Bonchev–Trinajstić information content (AvgIpc) is 3.55. The highest BCUT2D eigenvalue weighted by Gasteiger charge is 2.54. The normalized spacial score (nSPS) is 49.6. The van der Waals surface area contributed by atoms with Crippen LogP contribution in [0.25, 0.3) is 0 Å². The van der Waals surface area contributed by atoms with Crippen LogP contribution in [-0.2, 0) is 15.6 Å². The van der Waals surface area contributed by atoms with Crippen molar-refractivity contribution in [1.82, 2.24) is 0 Å². The molecule has 10 rings (SSSR count). The Balaban J connectivity index is 1.22. The Bertz CT molecular complexity index is 870. The van der Waals surface area contributed by atoms with E-state index in [1.54, 1.807) is 16.7 Å². The van der Waals surface area contributed by atoms with Gasteiger partial charge in [0.1, 0.15) is 18.5 Å². The fraction of sp³-hybridized carbons (Fsp3) is 0.800. The van der Waals surface area contributed by atoms with Crippen molar-refractivity contribution in [3.05, 3.63) is 28.8 Å². The van der Waals surface area contributed by atoms with Crippen LogP contribution in [0.3, 0.4) is 0 Å². The molecule has 1 aromatic carbocycles. The van der Waals surface area contributed by atoms with Gasteiger partial charge in [0.25, 0.3) is 0 Å². The van der Waals surface area contributed by atoms with E-state index >= 15 is 0 Å². The Labute approximate surface area is 193 Å². The second-order valence-electron chi connectivity index (χ2n) is 13.8. The molecule has 2 nitrogen and oxygen atoms in total. The first-order valence-electron chi connectivity index (χ1n) is 14.0. The van der Waals surface area contributed by atoms with Gasteiger partial charge in [0, 0.05) is 5.56 Å². The molecular weight excluding hydrogens is 392 g/mol. The van der Waals surface area contributed by atoms with Gasteiger partial charge in [0.15, 0.2) is 0 Å². The van der Waals surface area contributed by atoms with Gasteiger partial charge < -0.3 is 9.47 Å². The summed E-state index contributed by atoms with van der Waals surface area (Å²) in [5, 5.41) is 0. The van der Waals surface area contributed by atoms with Gasteiger partial charge in [-0.3, -0.25) is 0 Å². The number of epoxide rings is 1. The van der Waals surface area contributed by atoms with Crippen LogP contribution in [0, 0.1) is 42.4 Å². The monoisotopic (exact) mass is 432 g/mol. The molecule has 1 aliphatic heterocycles. The third-order valence-corrected chi connectivity index (χ3v) is 11.4. The Hall–Kier alpha value is -1.02. The van der Waals surface area contributed by atoms with Gasteiger partial charge in [0.05, 0.1) is 6.61 Å². The van der Waals surface area contributed by atoms with E-state index in [0.29, 0.717) is 16.9 Å². The van der Waals surface area contributed by atoms with Crippen molar-refractivity contribution in [1.29, 1.82) is 0 Å². The van der Waals surface area contributed by atoms with Crippen LogP contribution in [-0.4, -0.2) is 19.3 Å². The number of ether oxygens (including phenoxy) is 2. The zero-order valence-electron chi connectivity index (χ0n) is 19.9. The first kappa shape index (κ1) is 19.3. The molecule has 9 aliphatic rings. The fourth-order valence-corrected chi connectivity index (χ4v) is 11.0. The number of hydrogen-bond donors (Lipinski definition) is 0. The van der Waals surface area contributed by atoms with E-state index in [-0.39, 0.29) is 0 Å². The molecule has 1 saturated heterocycles. The van der Waals surface area contributed by atoms with Gasteiger partial charge in [-0.25, -0.2) is 0 Å². The minimum atomic E-state index is 0.337. The summed E-state index contributed by atoms with van der Waals surface area (Å²) in [5.41, 5.74) is 5.72. The first-order chi connectivity index (χ1) is 15.6. The molecule has 8 bridgehead atoms. The average molecular weight is 433 g/mol. The van der Waals surface area contributed by atoms with Crippen molar-refractivity contribution < 1.29 is 9.47 Å². The second-order valence-corrected chi connectivity index (χ2v) is 13.8. The quantitative estimate of drug-likeness (QED) is 0.482.